The number of ether oxygens (including phenoxy) is 5. The second-order valence-electron chi connectivity index (χ2n) is 21.5. The number of Topliss-reactive ketones (excluding diaryl/α,β-unsaturated/α-hetero) is 1. The second-order valence-corrected chi connectivity index (χ2v) is 21.5. The summed E-state index contributed by atoms with van der Waals surface area (Å²) in [6.45, 7) is 4.15. The van der Waals surface area contributed by atoms with Crippen molar-refractivity contribution in [3.63, 3.8) is 0 Å². The first kappa shape index (κ1) is 51.6. The lowest BCUT2D eigenvalue weighted by Gasteiger charge is -2.65. The van der Waals surface area contributed by atoms with Gasteiger partial charge in [-0.1, -0.05) is 18.6 Å². The number of aliphatic hydroxyl groups excluding tert-OH is 5. The third-order valence-corrected chi connectivity index (χ3v) is 18.0. The number of carbonyl (C=O) groups is 3. The van der Waals surface area contributed by atoms with E-state index in [0.717, 1.165) is 41.4 Å². The van der Waals surface area contributed by atoms with E-state index < -0.39 is 59.8 Å². The van der Waals surface area contributed by atoms with Crippen LogP contribution in [0.4, 0.5) is 0 Å². The molecule has 0 unspecified atom stereocenters. The molecule has 0 radical (unpaired) electrons. The molecule has 394 valence electrons. The van der Waals surface area contributed by atoms with Crippen molar-refractivity contribution in [2.24, 2.45) is 41.4 Å². The van der Waals surface area contributed by atoms with E-state index >= 15 is 0 Å². The van der Waals surface area contributed by atoms with E-state index in [9.17, 15) is 45.0 Å². The number of carbonyl (C=O) groups excluding carboxylic acids is 3. The molecule has 73 heavy (non-hydrogen) atoms. The van der Waals surface area contributed by atoms with Crippen LogP contribution in [0.1, 0.15) is 98.9 Å². The second kappa shape index (κ2) is 21.0. The molecular formula is C57H72N2O14. The monoisotopic (exact) mass is 1010 g/mol. The van der Waals surface area contributed by atoms with Gasteiger partial charge in [0.15, 0.2) is 11.9 Å². The maximum atomic E-state index is 14.7. The predicted molar refractivity (Wildman–Crippen MR) is 269 cm³/mol. The van der Waals surface area contributed by atoms with Crippen molar-refractivity contribution in [1.29, 1.82) is 0 Å². The summed E-state index contributed by atoms with van der Waals surface area (Å²) in [5.74, 6) is -4.83. The summed E-state index contributed by atoms with van der Waals surface area (Å²) in [4.78, 5) is 48.4. The summed E-state index contributed by atoms with van der Waals surface area (Å²) in [7, 11) is 1.70. The van der Waals surface area contributed by atoms with Gasteiger partial charge in [-0.3, -0.25) is 9.59 Å². The van der Waals surface area contributed by atoms with E-state index in [0.29, 0.717) is 62.7 Å². The maximum absolute atomic E-state index is 14.7. The Labute approximate surface area is 426 Å². The van der Waals surface area contributed by atoms with Gasteiger partial charge in [-0.25, -0.2) is 4.79 Å². The number of aliphatic hydroxyl groups is 6. The van der Waals surface area contributed by atoms with Gasteiger partial charge in [-0.05, 0) is 136 Å². The summed E-state index contributed by atoms with van der Waals surface area (Å²) in [5, 5.41) is 71.0. The molecule has 2 aromatic carbocycles. The molecule has 5 heterocycles. The lowest BCUT2D eigenvalue weighted by Crippen LogP contribution is -2.74. The Kier molecular flexibility index (Phi) is 14.8. The SMILES string of the molecule is CCOC(=O)C1=C(C=O)C2=C3C[C@@H](CO)C(=O)[C@H](C3)c3cc4cc[nH]c4cc3CC[C@H](CO)COc3c4c(c(CO)c(c32)O1)O[C@@]1(C=C[C@H](CCO)[C@H]2[C@@H](CO)C[C@H]3[C@@H](CC)N(CCCOC)CC[C@@H]3[C@]21O)C4. The van der Waals surface area contributed by atoms with Crippen molar-refractivity contribution in [3.05, 3.63) is 81.3 Å². The quantitative estimate of drug-likeness (QED) is 0.0494. The van der Waals surface area contributed by atoms with Crippen LogP contribution in [0.15, 0.2) is 53.5 Å². The molecule has 0 amide bonds. The zero-order chi connectivity index (χ0) is 51.3. The molecule has 1 saturated heterocycles. The number of aldehydes is 1. The van der Waals surface area contributed by atoms with Crippen molar-refractivity contribution < 1.29 is 68.7 Å². The van der Waals surface area contributed by atoms with E-state index in [2.05, 4.69) is 16.8 Å². The fraction of sp³-hybridized carbons (Fsp3) is 0.596. The van der Waals surface area contributed by atoms with Crippen LogP contribution in [0, 0.1) is 41.4 Å². The number of ketones is 1. The molecule has 16 heteroatoms. The van der Waals surface area contributed by atoms with Crippen LogP contribution in [0.2, 0.25) is 0 Å². The summed E-state index contributed by atoms with van der Waals surface area (Å²) in [6, 6.07) is 6.05. The number of aromatic nitrogens is 1. The van der Waals surface area contributed by atoms with Crippen LogP contribution < -0.4 is 14.2 Å². The highest BCUT2D eigenvalue weighted by atomic mass is 16.6. The molecule has 2 saturated carbocycles. The Hall–Kier alpha value is -4.91. The summed E-state index contributed by atoms with van der Waals surface area (Å²) in [5.41, 5.74) is 0.946. The first-order chi connectivity index (χ1) is 35.5. The van der Waals surface area contributed by atoms with E-state index in [1.54, 1.807) is 14.0 Å². The highest BCUT2D eigenvalue weighted by molar-refractivity contribution is 6.11. The van der Waals surface area contributed by atoms with Gasteiger partial charge < -0.3 is 64.2 Å². The van der Waals surface area contributed by atoms with Crippen molar-refractivity contribution in [2.75, 3.05) is 66.4 Å². The number of nitrogens with one attached hydrogen (secondary N) is 1. The molecule has 1 spiro atoms. The minimum Gasteiger partial charge on any atom is -0.492 e. The highest BCUT2D eigenvalue weighted by Gasteiger charge is 2.71. The Balaban J connectivity index is 1.21. The number of hydrogen-bond donors (Lipinski definition) is 7. The number of benzene rings is 2. The molecule has 4 aliphatic heterocycles. The van der Waals surface area contributed by atoms with E-state index in [1.807, 2.05) is 36.5 Å². The van der Waals surface area contributed by atoms with Gasteiger partial charge in [0.1, 0.15) is 28.6 Å². The fourth-order valence-electron chi connectivity index (χ4n) is 14.8. The van der Waals surface area contributed by atoms with Crippen LogP contribution in [0.3, 0.4) is 0 Å². The van der Waals surface area contributed by atoms with Crippen LogP contribution in [-0.4, -0.2) is 142 Å². The third kappa shape index (κ3) is 8.39. The van der Waals surface area contributed by atoms with Crippen LogP contribution in [0.5, 0.6) is 17.2 Å². The van der Waals surface area contributed by atoms with Crippen molar-refractivity contribution >= 4 is 34.5 Å². The molecule has 3 aromatic rings. The Morgan fingerprint density at radius 2 is 1.88 bits per heavy atom. The van der Waals surface area contributed by atoms with Crippen molar-refractivity contribution in [3.8, 4) is 17.2 Å². The average Bonchev–Trinajstić information content (AvgIpc) is 4.04. The summed E-state index contributed by atoms with van der Waals surface area (Å²) < 4.78 is 32.1. The molecule has 1 aromatic heterocycles. The predicted octanol–water partition coefficient (Wildman–Crippen LogP) is 4.87. The van der Waals surface area contributed by atoms with Crippen molar-refractivity contribution in [1.82, 2.24) is 9.88 Å². The first-order valence-corrected chi connectivity index (χ1v) is 26.6. The molecule has 3 aliphatic carbocycles. The van der Waals surface area contributed by atoms with Crippen LogP contribution >= 0.6 is 0 Å². The number of aromatic amines is 1. The van der Waals surface area contributed by atoms with Gasteiger partial charge in [-0.2, -0.15) is 0 Å². The highest BCUT2D eigenvalue weighted by Crippen LogP contribution is 2.65. The largest absolute Gasteiger partial charge is 0.492 e. The standard InChI is InChI=1S/C57H72N2O14/c1-4-46-40-22-36(26-62)49-32(12-17-60)9-13-56(57(49,68)44(40)11-16-59(46)15-6-18-69-3)24-41-51(73-56)43(29-65)53-48-47(42(28-64)54(72-53)55(67)70-5-2)35-19-37(27-63)50(66)39(21-35)38-20-34-10-14-58-45(34)23-33(38)8-7-31(25-61)30-71-52(41)48/h9-10,13-14,20,23,28,31-32,36-37,39-40,44,46,49,58,60-63,65,68H,4-8,11-12,15-19,21-22,24-27,29-30H2,1-3H3/t31-,32-,36-,37+,39-,40-,44+,46-,49+,56+,57+/m1/s1. The number of fused-ring (bicyclic) bond motifs is 11. The Bertz CT molecular complexity index is 2710. The third-order valence-electron chi connectivity index (χ3n) is 18.0. The number of esters is 1. The minimum absolute atomic E-state index is 0.0186. The minimum atomic E-state index is -1.65. The van der Waals surface area contributed by atoms with Crippen molar-refractivity contribution in [2.45, 2.75) is 108 Å². The number of hydrogen-bond acceptors (Lipinski definition) is 15. The molecule has 7 N–H and O–H groups in total. The maximum Gasteiger partial charge on any atom is 0.375 e. The fourth-order valence-corrected chi connectivity index (χ4v) is 14.8. The number of nitrogens with zero attached hydrogens (tertiary/aromatic N) is 1. The smallest absolute Gasteiger partial charge is 0.375 e. The number of piperidine rings is 1. The Morgan fingerprint density at radius 1 is 1.04 bits per heavy atom. The van der Waals surface area contributed by atoms with Gasteiger partial charge >= 0.3 is 5.97 Å². The Morgan fingerprint density at radius 3 is 2.59 bits per heavy atom. The molecule has 10 rings (SSSR count). The van der Waals surface area contributed by atoms with Gasteiger partial charge in [0.25, 0.3) is 0 Å². The zero-order valence-electron chi connectivity index (χ0n) is 42.3. The number of allylic oxidation sites excluding steroid dienone is 4. The topological polar surface area (TPSA) is 238 Å². The lowest BCUT2D eigenvalue weighted by molar-refractivity contribution is -0.250. The average molecular weight is 1010 g/mol. The number of methoxy groups -OCH3 is 1. The molecule has 2 bridgehead atoms. The van der Waals surface area contributed by atoms with Gasteiger partial charge in [0, 0.05) is 99.1 Å². The zero-order valence-corrected chi connectivity index (χ0v) is 42.3. The lowest BCUT2D eigenvalue weighted by atomic mass is 9.46. The summed E-state index contributed by atoms with van der Waals surface area (Å²) in [6.07, 6.45) is 10.7. The van der Waals surface area contributed by atoms with Crippen LogP contribution in [0.25, 0.3) is 16.5 Å². The normalized spacial score (nSPS) is 31.7. The van der Waals surface area contributed by atoms with E-state index in [4.69, 9.17) is 23.7 Å². The van der Waals surface area contributed by atoms with Gasteiger partial charge in [0.05, 0.1) is 43.1 Å². The van der Waals surface area contributed by atoms with Crippen LogP contribution in [-0.2, 0) is 43.3 Å². The number of H-pyrrole nitrogens is 1. The first-order valence-electron chi connectivity index (χ1n) is 26.6. The molecule has 7 aliphatic rings. The molecule has 11 atom stereocenters. The number of likely N-dealkylation sites (tertiary alicyclic amines) is 1. The van der Waals surface area contributed by atoms with E-state index in [1.165, 1.54) is 0 Å². The number of aryl methyl sites for hydroxylation is 1. The molecule has 16 nitrogen and oxygen atoms in total. The number of rotatable bonds is 14. The van der Waals surface area contributed by atoms with E-state index in [-0.39, 0.29) is 127 Å². The molecule has 3 fully saturated rings. The molecular weight excluding hydrogens is 937 g/mol. The summed E-state index contributed by atoms with van der Waals surface area (Å²) >= 11 is 0. The van der Waals surface area contributed by atoms with Gasteiger partial charge in [0.2, 0.25) is 5.76 Å². The van der Waals surface area contributed by atoms with Gasteiger partial charge in [-0.15, -0.1) is 0 Å².